The van der Waals surface area contributed by atoms with Crippen molar-refractivity contribution in [3.63, 3.8) is 0 Å². The molecular weight excluding hydrogens is 360 g/mol. The van der Waals surface area contributed by atoms with E-state index in [1.807, 2.05) is 75.4 Å². The lowest BCUT2D eigenvalue weighted by Gasteiger charge is -2.17. The first kappa shape index (κ1) is 17.6. The summed E-state index contributed by atoms with van der Waals surface area (Å²) in [6.07, 6.45) is 0. The van der Waals surface area contributed by atoms with Gasteiger partial charge in [0, 0.05) is 27.1 Å². The summed E-state index contributed by atoms with van der Waals surface area (Å²) in [7, 11) is 0. The highest BCUT2D eigenvalue weighted by molar-refractivity contribution is 6.35. The zero-order valence-electron chi connectivity index (χ0n) is 15.3. The number of nitrogens with zero attached hydrogens (tertiary/aromatic N) is 1. The molecule has 1 heterocycles. The zero-order valence-corrected chi connectivity index (χ0v) is 16.1. The van der Waals surface area contributed by atoms with E-state index in [9.17, 15) is 4.79 Å². The summed E-state index contributed by atoms with van der Waals surface area (Å²) < 4.78 is 5.96. The minimum Gasteiger partial charge on any atom is -0.436 e. The van der Waals surface area contributed by atoms with Gasteiger partial charge in [0.25, 0.3) is 0 Å². The molecule has 0 bridgehead atoms. The molecule has 1 amide bonds. The SMILES string of the molecule is CC(C)(C)C(=O)Nc1ccc2oc(-c3cccc4c(Cl)cccc34)nc2c1. The molecule has 3 aromatic carbocycles. The first-order valence-corrected chi connectivity index (χ1v) is 9.10. The third-order valence-electron chi connectivity index (χ3n) is 4.43. The number of anilines is 1. The molecular formula is C22H19ClN2O2. The molecule has 0 spiro atoms. The Bertz CT molecular complexity index is 1170. The van der Waals surface area contributed by atoms with Gasteiger partial charge < -0.3 is 9.73 Å². The molecule has 0 atom stereocenters. The normalized spacial score (nSPS) is 11.9. The third-order valence-corrected chi connectivity index (χ3v) is 4.76. The number of aromatic nitrogens is 1. The molecule has 4 nitrogen and oxygen atoms in total. The van der Waals surface area contributed by atoms with Crippen molar-refractivity contribution in [2.24, 2.45) is 5.41 Å². The zero-order chi connectivity index (χ0) is 19.2. The van der Waals surface area contributed by atoms with Gasteiger partial charge in [-0.3, -0.25) is 4.79 Å². The van der Waals surface area contributed by atoms with Crippen molar-refractivity contribution < 1.29 is 9.21 Å². The van der Waals surface area contributed by atoms with Crippen LogP contribution in [0.2, 0.25) is 5.02 Å². The second-order valence-electron chi connectivity index (χ2n) is 7.55. The van der Waals surface area contributed by atoms with Crippen LogP contribution in [0.1, 0.15) is 20.8 Å². The van der Waals surface area contributed by atoms with Crippen LogP contribution in [0.5, 0.6) is 0 Å². The van der Waals surface area contributed by atoms with E-state index < -0.39 is 5.41 Å². The molecule has 0 radical (unpaired) electrons. The van der Waals surface area contributed by atoms with E-state index in [4.69, 9.17) is 16.0 Å². The molecule has 5 heteroatoms. The third kappa shape index (κ3) is 3.28. The van der Waals surface area contributed by atoms with Crippen LogP contribution in [-0.4, -0.2) is 10.9 Å². The van der Waals surface area contributed by atoms with Gasteiger partial charge in [-0.05, 0) is 35.7 Å². The summed E-state index contributed by atoms with van der Waals surface area (Å²) >= 11 is 6.31. The Morgan fingerprint density at radius 2 is 1.78 bits per heavy atom. The molecule has 4 rings (SSSR count). The minimum absolute atomic E-state index is 0.0470. The van der Waals surface area contributed by atoms with Crippen molar-refractivity contribution in [1.29, 1.82) is 0 Å². The van der Waals surface area contributed by atoms with Crippen LogP contribution in [0.3, 0.4) is 0 Å². The molecule has 0 aliphatic rings. The van der Waals surface area contributed by atoms with Crippen LogP contribution >= 0.6 is 11.6 Å². The Kier molecular flexibility index (Phi) is 4.16. The average molecular weight is 379 g/mol. The highest BCUT2D eigenvalue weighted by Crippen LogP contribution is 2.34. The topological polar surface area (TPSA) is 55.1 Å². The number of oxazole rings is 1. The largest absolute Gasteiger partial charge is 0.436 e. The standard InChI is InChI=1S/C22H19ClN2O2/c1-22(2,3)21(26)24-13-10-11-19-18(12-13)25-20(27-19)16-8-4-7-15-14(16)6-5-9-17(15)23/h4-12H,1-3H3,(H,24,26). The number of carbonyl (C=O) groups excluding carboxylic acids is 1. The van der Waals surface area contributed by atoms with Gasteiger partial charge in [-0.2, -0.15) is 0 Å². The number of carbonyl (C=O) groups is 1. The van der Waals surface area contributed by atoms with Crippen molar-refractivity contribution in [1.82, 2.24) is 4.98 Å². The number of nitrogens with one attached hydrogen (secondary N) is 1. The molecule has 4 aromatic rings. The molecule has 0 fully saturated rings. The Morgan fingerprint density at radius 1 is 1.04 bits per heavy atom. The Labute approximate surface area is 162 Å². The Morgan fingerprint density at radius 3 is 2.56 bits per heavy atom. The number of amides is 1. The second-order valence-corrected chi connectivity index (χ2v) is 7.95. The van der Waals surface area contributed by atoms with Gasteiger partial charge in [0.15, 0.2) is 5.58 Å². The smallest absolute Gasteiger partial charge is 0.229 e. The highest BCUT2D eigenvalue weighted by atomic mass is 35.5. The number of halogens is 1. The number of hydrogen-bond acceptors (Lipinski definition) is 3. The molecule has 0 saturated heterocycles. The lowest BCUT2D eigenvalue weighted by atomic mass is 9.95. The monoisotopic (exact) mass is 378 g/mol. The first-order valence-electron chi connectivity index (χ1n) is 8.72. The van der Waals surface area contributed by atoms with Gasteiger partial charge >= 0.3 is 0 Å². The van der Waals surface area contributed by atoms with Crippen molar-refractivity contribution in [3.8, 4) is 11.5 Å². The quantitative estimate of drug-likeness (QED) is 0.446. The van der Waals surface area contributed by atoms with E-state index in [-0.39, 0.29) is 5.91 Å². The number of fused-ring (bicyclic) bond motifs is 2. The van der Waals surface area contributed by atoms with Crippen LogP contribution in [0.25, 0.3) is 33.3 Å². The predicted molar refractivity (Wildman–Crippen MR) is 110 cm³/mol. The van der Waals surface area contributed by atoms with Gasteiger partial charge in [0.05, 0.1) is 0 Å². The summed E-state index contributed by atoms with van der Waals surface area (Å²) in [5.74, 6) is 0.478. The molecule has 0 unspecified atom stereocenters. The summed E-state index contributed by atoms with van der Waals surface area (Å²) in [4.78, 5) is 16.8. The fourth-order valence-corrected chi connectivity index (χ4v) is 3.13. The van der Waals surface area contributed by atoms with Crippen LogP contribution in [0.4, 0.5) is 5.69 Å². The maximum Gasteiger partial charge on any atom is 0.229 e. The maximum atomic E-state index is 12.2. The minimum atomic E-state index is -0.466. The van der Waals surface area contributed by atoms with Gasteiger partial charge in [-0.25, -0.2) is 4.98 Å². The van der Waals surface area contributed by atoms with Crippen LogP contribution in [-0.2, 0) is 4.79 Å². The van der Waals surface area contributed by atoms with Gasteiger partial charge in [0.1, 0.15) is 5.52 Å². The van der Waals surface area contributed by atoms with Crippen molar-refractivity contribution in [2.45, 2.75) is 20.8 Å². The molecule has 0 aliphatic carbocycles. The summed E-state index contributed by atoms with van der Waals surface area (Å²) in [6, 6.07) is 17.1. The van der Waals surface area contributed by atoms with Crippen LogP contribution in [0.15, 0.2) is 59.0 Å². The first-order chi connectivity index (χ1) is 12.8. The molecule has 0 saturated carbocycles. The van der Waals surface area contributed by atoms with E-state index in [0.29, 0.717) is 27.7 Å². The molecule has 136 valence electrons. The highest BCUT2D eigenvalue weighted by Gasteiger charge is 2.21. The van der Waals surface area contributed by atoms with Gasteiger partial charge in [0.2, 0.25) is 11.8 Å². The van der Waals surface area contributed by atoms with E-state index in [0.717, 1.165) is 16.3 Å². The molecule has 27 heavy (non-hydrogen) atoms. The van der Waals surface area contributed by atoms with E-state index in [1.54, 1.807) is 0 Å². The summed E-state index contributed by atoms with van der Waals surface area (Å²) in [5, 5.41) is 5.55. The lowest BCUT2D eigenvalue weighted by molar-refractivity contribution is -0.123. The Balaban J connectivity index is 1.77. The summed E-state index contributed by atoms with van der Waals surface area (Å²) in [6.45, 7) is 5.63. The predicted octanol–water partition coefficient (Wildman–Crippen LogP) is 6.29. The van der Waals surface area contributed by atoms with Crippen LogP contribution < -0.4 is 5.32 Å². The number of benzene rings is 3. The maximum absolute atomic E-state index is 12.2. The van der Waals surface area contributed by atoms with E-state index in [2.05, 4.69) is 10.3 Å². The van der Waals surface area contributed by atoms with Crippen LogP contribution in [0, 0.1) is 5.41 Å². The van der Waals surface area contributed by atoms with Gasteiger partial charge in [-0.1, -0.05) is 56.6 Å². The average Bonchev–Trinajstić information content (AvgIpc) is 3.04. The summed E-state index contributed by atoms with van der Waals surface area (Å²) in [5.41, 5.74) is 2.47. The van der Waals surface area contributed by atoms with Gasteiger partial charge in [-0.15, -0.1) is 0 Å². The Hall–Kier alpha value is -2.85. The second kappa shape index (κ2) is 6.39. The number of rotatable bonds is 2. The van der Waals surface area contributed by atoms with Crippen molar-refractivity contribution in [3.05, 3.63) is 59.6 Å². The fourth-order valence-electron chi connectivity index (χ4n) is 2.90. The molecule has 0 aliphatic heterocycles. The van der Waals surface area contributed by atoms with E-state index >= 15 is 0 Å². The lowest BCUT2D eigenvalue weighted by Crippen LogP contribution is -2.27. The van der Waals surface area contributed by atoms with E-state index in [1.165, 1.54) is 0 Å². The number of hydrogen-bond donors (Lipinski definition) is 1. The molecule has 1 N–H and O–H groups in total. The molecule has 1 aromatic heterocycles. The van der Waals surface area contributed by atoms with Crippen molar-refractivity contribution >= 4 is 45.1 Å². The fraction of sp³-hybridized carbons (Fsp3) is 0.182. The van der Waals surface area contributed by atoms with Crippen molar-refractivity contribution in [2.75, 3.05) is 5.32 Å².